The van der Waals surface area contributed by atoms with E-state index in [2.05, 4.69) is 42.9 Å². The first kappa shape index (κ1) is 14.6. The Kier molecular flexibility index (Phi) is 6.73. The van der Waals surface area contributed by atoms with E-state index in [0.717, 1.165) is 0 Å². The van der Waals surface area contributed by atoms with E-state index >= 15 is 0 Å². The van der Waals surface area contributed by atoms with Crippen LogP contribution in [0.15, 0.2) is 16.8 Å². The molecule has 1 aromatic heterocycles. The maximum atomic E-state index is 9.72. The molecule has 3 nitrogen and oxygen atoms in total. The number of hydrogen-bond acceptors (Lipinski definition) is 4. The van der Waals surface area contributed by atoms with Crippen molar-refractivity contribution in [3.05, 3.63) is 22.4 Å². The Morgan fingerprint density at radius 2 is 2.12 bits per heavy atom. The van der Waals surface area contributed by atoms with Crippen LogP contribution in [0.1, 0.15) is 32.4 Å². The van der Waals surface area contributed by atoms with Crippen LogP contribution in [-0.4, -0.2) is 31.0 Å². The Hall–Kier alpha value is -0.420. The number of thiophene rings is 1. The third-order valence-electron chi connectivity index (χ3n) is 2.46. The Labute approximate surface area is 108 Å². The predicted molar refractivity (Wildman–Crippen MR) is 72.4 cm³/mol. The molecule has 0 aliphatic heterocycles. The largest absolute Gasteiger partial charge is 0.389 e. The van der Waals surface area contributed by atoms with Crippen molar-refractivity contribution in [1.29, 1.82) is 0 Å². The molecule has 0 bridgehead atoms. The topological polar surface area (TPSA) is 41.5 Å². The molecular formula is C13H23NO2S. The second-order valence-electron chi connectivity index (χ2n) is 4.77. The van der Waals surface area contributed by atoms with Gasteiger partial charge in [0.1, 0.15) is 0 Å². The van der Waals surface area contributed by atoms with Gasteiger partial charge in [-0.2, -0.15) is 11.3 Å². The lowest BCUT2D eigenvalue weighted by atomic mass is 10.2. The molecule has 1 heterocycles. The number of hydrogen-bond donors (Lipinski definition) is 2. The van der Waals surface area contributed by atoms with Crippen molar-refractivity contribution in [2.45, 2.75) is 32.9 Å². The van der Waals surface area contributed by atoms with Gasteiger partial charge in [0.2, 0.25) is 0 Å². The van der Waals surface area contributed by atoms with Crippen molar-refractivity contribution in [1.82, 2.24) is 5.32 Å². The molecule has 2 unspecified atom stereocenters. The molecule has 0 saturated carbocycles. The van der Waals surface area contributed by atoms with Crippen molar-refractivity contribution in [3.8, 4) is 0 Å². The fourth-order valence-corrected chi connectivity index (χ4v) is 2.20. The molecule has 0 aromatic carbocycles. The molecule has 0 aliphatic carbocycles. The third kappa shape index (κ3) is 6.17. The zero-order chi connectivity index (χ0) is 12.7. The Balaban J connectivity index is 2.13. The molecule has 4 heteroatoms. The number of rotatable bonds is 8. The second kappa shape index (κ2) is 7.82. The minimum absolute atomic E-state index is 0.279. The van der Waals surface area contributed by atoms with Gasteiger partial charge in [-0.05, 0) is 35.2 Å². The van der Waals surface area contributed by atoms with Crippen LogP contribution in [0, 0.1) is 5.92 Å². The highest BCUT2D eigenvalue weighted by Gasteiger charge is 2.09. The molecule has 2 N–H and O–H groups in total. The maximum absolute atomic E-state index is 9.72. The summed E-state index contributed by atoms with van der Waals surface area (Å²) in [5.74, 6) is 0.514. The number of aliphatic hydroxyl groups is 1. The molecule has 0 saturated heterocycles. The van der Waals surface area contributed by atoms with E-state index in [1.165, 1.54) is 5.56 Å². The van der Waals surface area contributed by atoms with Crippen LogP contribution in [0.3, 0.4) is 0 Å². The molecule has 0 radical (unpaired) electrons. The molecule has 98 valence electrons. The van der Waals surface area contributed by atoms with Gasteiger partial charge in [-0.1, -0.05) is 13.8 Å². The molecule has 0 fully saturated rings. The molecule has 0 spiro atoms. The predicted octanol–water partition coefficient (Wildman–Crippen LogP) is 2.43. The van der Waals surface area contributed by atoms with E-state index < -0.39 is 6.10 Å². The molecule has 17 heavy (non-hydrogen) atoms. The lowest BCUT2D eigenvalue weighted by Gasteiger charge is -2.17. The highest BCUT2D eigenvalue weighted by Crippen LogP contribution is 2.15. The van der Waals surface area contributed by atoms with Crippen LogP contribution in [-0.2, 0) is 4.74 Å². The van der Waals surface area contributed by atoms with Crippen molar-refractivity contribution in [2.75, 3.05) is 19.8 Å². The Morgan fingerprint density at radius 1 is 1.35 bits per heavy atom. The summed E-state index contributed by atoms with van der Waals surface area (Å²) < 4.78 is 5.39. The molecule has 2 atom stereocenters. The van der Waals surface area contributed by atoms with E-state index in [4.69, 9.17) is 4.74 Å². The zero-order valence-corrected chi connectivity index (χ0v) is 11.7. The molecule has 0 aliphatic rings. The molecule has 1 aromatic rings. The van der Waals surface area contributed by atoms with Crippen LogP contribution in [0.5, 0.6) is 0 Å². The van der Waals surface area contributed by atoms with Gasteiger partial charge >= 0.3 is 0 Å². The van der Waals surface area contributed by atoms with Crippen LogP contribution < -0.4 is 5.32 Å². The lowest BCUT2D eigenvalue weighted by Crippen LogP contribution is -2.32. The third-order valence-corrected chi connectivity index (χ3v) is 3.17. The van der Waals surface area contributed by atoms with E-state index in [1.54, 1.807) is 11.3 Å². The highest BCUT2D eigenvalue weighted by molar-refractivity contribution is 7.07. The van der Waals surface area contributed by atoms with Gasteiger partial charge in [0.05, 0.1) is 12.7 Å². The first-order valence-electron chi connectivity index (χ1n) is 6.11. The number of aliphatic hydroxyl groups excluding tert-OH is 1. The SMILES string of the molecule is CC(C)COCC(O)CNC(C)c1ccsc1. The first-order chi connectivity index (χ1) is 8.09. The smallest absolute Gasteiger partial charge is 0.0897 e. The number of ether oxygens (including phenoxy) is 1. The average molecular weight is 257 g/mol. The van der Waals surface area contributed by atoms with E-state index in [1.807, 2.05) is 0 Å². The summed E-state index contributed by atoms with van der Waals surface area (Å²) >= 11 is 1.69. The van der Waals surface area contributed by atoms with Crippen molar-refractivity contribution >= 4 is 11.3 Å². The summed E-state index contributed by atoms with van der Waals surface area (Å²) in [6.07, 6.45) is -0.435. The van der Waals surface area contributed by atoms with Gasteiger partial charge in [0.25, 0.3) is 0 Å². The minimum atomic E-state index is -0.435. The quantitative estimate of drug-likeness (QED) is 0.751. The standard InChI is InChI=1S/C13H23NO2S/c1-10(2)7-16-8-13(15)6-14-11(3)12-4-5-17-9-12/h4-5,9-11,13-15H,6-8H2,1-3H3. The summed E-state index contributed by atoms with van der Waals surface area (Å²) in [6.45, 7) is 7.98. The van der Waals surface area contributed by atoms with E-state index in [-0.39, 0.29) is 6.04 Å². The van der Waals surface area contributed by atoms with Gasteiger partial charge in [-0.3, -0.25) is 0 Å². The van der Waals surface area contributed by atoms with Gasteiger partial charge in [-0.15, -0.1) is 0 Å². The van der Waals surface area contributed by atoms with Crippen molar-refractivity contribution in [3.63, 3.8) is 0 Å². The average Bonchev–Trinajstić information content (AvgIpc) is 2.78. The maximum Gasteiger partial charge on any atom is 0.0897 e. The van der Waals surface area contributed by atoms with Crippen molar-refractivity contribution < 1.29 is 9.84 Å². The van der Waals surface area contributed by atoms with Crippen LogP contribution in [0.25, 0.3) is 0 Å². The number of nitrogens with one attached hydrogen (secondary N) is 1. The molecule has 1 rings (SSSR count). The lowest BCUT2D eigenvalue weighted by molar-refractivity contribution is 0.0252. The first-order valence-corrected chi connectivity index (χ1v) is 7.05. The van der Waals surface area contributed by atoms with Crippen molar-refractivity contribution in [2.24, 2.45) is 5.92 Å². The summed E-state index contributed by atoms with van der Waals surface area (Å²) in [5, 5.41) is 17.2. The van der Waals surface area contributed by atoms with Gasteiger partial charge in [0.15, 0.2) is 0 Å². The summed E-state index contributed by atoms with van der Waals surface area (Å²) in [4.78, 5) is 0. The molecule has 0 amide bonds. The second-order valence-corrected chi connectivity index (χ2v) is 5.55. The van der Waals surface area contributed by atoms with Crippen LogP contribution in [0.2, 0.25) is 0 Å². The molecular weight excluding hydrogens is 234 g/mol. The highest BCUT2D eigenvalue weighted by atomic mass is 32.1. The minimum Gasteiger partial charge on any atom is -0.389 e. The van der Waals surface area contributed by atoms with E-state index in [9.17, 15) is 5.11 Å². The Bertz CT molecular complexity index is 288. The summed E-state index contributed by atoms with van der Waals surface area (Å²) in [7, 11) is 0. The Morgan fingerprint density at radius 3 is 2.71 bits per heavy atom. The summed E-state index contributed by atoms with van der Waals surface area (Å²) in [6, 6.07) is 2.38. The van der Waals surface area contributed by atoms with Gasteiger partial charge in [-0.25, -0.2) is 0 Å². The normalized spacial score (nSPS) is 15.1. The zero-order valence-electron chi connectivity index (χ0n) is 10.8. The van der Waals surface area contributed by atoms with Crippen LogP contribution in [0.4, 0.5) is 0 Å². The van der Waals surface area contributed by atoms with Crippen LogP contribution >= 0.6 is 11.3 Å². The van der Waals surface area contributed by atoms with Gasteiger partial charge < -0.3 is 15.2 Å². The van der Waals surface area contributed by atoms with E-state index in [0.29, 0.717) is 25.7 Å². The fraction of sp³-hybridized carbons (Fsp3) is 0.692. The van der Waals surface area contributed by atoms with Gasteiger partial charge in [0, 0.05) is 19.2 Å². The fourth-order valence-electron chi connectivity index (χ4n) is 1.45. The summed E-state index contributed by atoms with van der Waals surface area (Å²) in [5.41, 5.74) is 1.27. The monoisotopic (exact) mass is 257 g/mol.